The molecule has 0 radical (unpaired) electrons. The molecule has 8 nitrogen and oxygen atoms in total. The molecule has 1 saturated heterocycles. The van der Waals surface area contributed by atoms with Crippen LogP contribution in [0.25, 0.3) is 0 Å². The van der Waals surface area contributed by atoms with Gasteiger partial charge in [-0.1, -0.05) is 17.7 Å². The molecule has 2 aliphatic heterocycles. The summed E-state index contributed by atoms with van der Waals surface area (Å²) in [5.41, 5.74) is 0.165. The molecule has 2 N–H and O–H groups in total. The molecule has 9 heteroatoms. The fourth-order valence-corrected chi connectivity index (χ4v) is 3.47. The zero-order chi connectivity index (χ0) is 20.6. The van der Waals surface area contributed by atoms with Crippen molar-refractivity contribution in [2.75, 3.05) is 18.7 Å². The van der Waals surface area contributed by atoms with Crippen molar-refractivity contribution in [3.63, 3.8) is 0 Å². The molecule has 2 aromatic rings. The van der Waals surface area contributed by atoms with Crippen LogP contribution in [0.1, 0.15) is 12.5 Å². The topological polar surface area (TPSA) is 97.0 Å². The third-order valence-corrected chi connectivity index (χ3v) is 5.02. The molecule has 2 aliphatic rings. The van der Waals surface area contributed by atoms with E-state index in [-0.39, 0.29) is 19.8 Å². The molecule has 1 fully saturated rings. The third kappa shape index (κ3) is 3.84. The van der Waals surface area contributed by atoms with E-state index < -0.39 is 23.4 Å². The van der Waals surface area contributed by atoms with Crippen molar-refractivity contribution in [2.24, 2.45) is 0 Å². The molecule has 2 aromatic carbocycles. The zero-order valence-corrected chi connectivity index (χ0v) is 16.3. The number of ether oxygens (including phenoxy) is 2. The number of amides is 4. The highest BCUT2D eigenvalue weighted by atomic mass is 35.5. The minimum atomic E-state index is -1.16. The minimum absolute atomic E-state index is 0.155. The van der Waals surface area contributed by atoms with Gasteiger partial charge in [0.2, 0.25) is 12.7 Å². The van der Waals surface area contributed by atoms with Crippen molar-refractivity contribution >= 4 is 35.1 Å². The summed E-state index contributed by atoms with van der Waals surface area (Å²) in [5, 5.41) is 5.87. The molecule has 2 heterocycles. The number of anilines is 1. The first-order chi connectivity index (χ1) is 13.8. The maximum absolute atomic E-state index is 12.9. The monoisotopic (exact) mass is 415 g/mol. The molecule has 0 bridgehead atoms. The summed E-state index contributed by atoms with van der Waals surface area (Å²) >= 11 is 5.82. The first-order valence-corrected chi connectivity index (χ1v) is 9.30. The second kappa shape index (κ2) is 7.29. The summed E-state index contributed by atoms with van der Waals surface area (Å²) in [5.74, 6) is 0.290. The van der Waals surface area contributed by atoms with Crippen molar-refractivity contribution in [3.8, 4) is 11.5 Å². The minimum Gasteiger partial charge on any atom is -0.454 e. The maximum Gasteiger partial charge on any atom is 0.325 e. The Morgan fingerprint density at radius 1 is 1.17 bits per heavy atom. The molecule has 4 amide bonds. The summed E-state index contributed by atoms with van der Waals surface area (Å²) in [7, 11) is 0. The van der Waals surface area contributed by atoms with E-state index in [0.29, 0.717) is 22.2 Å². The van der Waals surface area contributed by atoms with Crippen LogP contribution in [0.3, 0.4) is 0 Å². The molecule has 0 spiro atoms. The summed E-state index contributed by atoms with van der Waals surface area (Å²) < 4.78 is 10.6. The molecular weight excluding hydrogens is 398 g/mol. The second-order valence-corrected chi connectivity index (χ2v) is 7.51. The van der Waals surface area contributed by atoms with E-state index >= 15 is 0 Å². The number of hydrogen-bond acceptors (Lipinski definition) is 5. The Morgan fingerprint density at radius 3 is 2.66 bits per heavy atom. The van der Waals surface area contributed by atoms with Gasteiger partial charge in [-0.3, -0.25) is 14.5 Å². The number of nitrogens with one attached hydrogen (secondary N) is 2. The van der Waals surface area contributed by atoms with Gasteiger partial charge in [-0.15, -0.1) is 0 Å². The molecule has 4 rings (SSSR count). The molecule has 150 valence electrons. The maximum atomic E-state index is 12.9. The van der Waals surface area contributed by atoms with Crippen LogP contribution in [-0.4, -0.2) is 41.6 Å². The largest absolute Gasteiger partial charge is 0.454 e. The highest BCUT2D eigenvalue weighted by Gasteiger charge is 2.48. The van der Waals surface area contributed by atoms with Crippen LogP contribution in [0.4, 0.5) is 10.5 Å². The average molecular weight is 416 g/mol. The Kier molecular flexibility index (Phi) is 4.79. The number of rotatable bonds is 5. The Bertz CT molecular complexity index is 994. The fourth-order valence-electron chi connectivity index (χ4n) is 3.35. The predicted molar refractivity (Wildman–Crippen MR) is 105 cm³/mol. The molecule has 0 saturated carbocycles. The molecular formula is C20H18ClN3O5. The smallest absolute Gasteiger partial charge is 0.325 e. The van der Waals surface area contributed by atoms with Crippen LogP contribution in [-0.2, 0) is 16.0 Å². The molecule has 0 aromatic heterocycles. The number of urea groups is 1. The van der Waals surface area contributed by atoms with E-state index in [1.165, 1.54) is 0 Å². The number of benzene rings is 2. The first kappa shape index (κ1) is 19.1. The average Bonchev–Trinajstić information content (AvgIpc) is 3.22. The number of carbonyl (C=O) groups excluding carboxylic acids is 3. The van der Waals surface area contributed by atoms with Gasteiger partial charge in [0.25, 0.3) is 5.91 Å². The van der Waals surface area contributed by atoms with Crippen LogP contribution < -0.4 is 20.1 Å². The van der Waals surface area contributed by atoms with Crippen LogP contribution in [0.15, 0.2) is 42.5 Å². The number of halogens is 1. The fraction of sp³-hybridized carbons (Fsp3) is 0.250. The van der Waals surface area contributed by atoms with Crippen molar-refractivity contribution in [1.82, 2.24) is 10.2 Å². The standard InChI is InChI=1S/C20H18ClN3O5/c1-20(9-12-2-7-15-16(8-12)29-11-28-15)18(26)24(19(27)23-20)10-17(25)22-14-5-3-13(21)4-6-14/h2-8H,9-11H2,1H3,(H,22,25)(H,23,27). The van der Waals surface area contributed by atoms with Gasteiger partial charge in [-0.2, -0.15) is 0 Å². The van der Waals surface area contributed by atoms with E-state index in [1.54, 1.807) is 43.3 Å². The van der Waals surface area contributed by atoms with E-state index in [4.69, 9.17) is 21.1 Å². The van der Waals surface area contributed by atoms with Crippen LogP contribution in [0, 0.1) is 0 Å². The van der Waals surface area contributed by atoms with Gasteiger partial charge in [-0.25, -0.2) is 4.79 Å². The lowest BCUT2D eigenvalue weighted by atomic mass is 9.92. The van der Waals surface area contributed by atoms with Crippen LogP contribution in [0.2, 0.25) is 5.02 Å². The van der Waals surface area contributed by atoms with Crippen LogP contribution in [0.5, 0.6) is 11.5 Å². The van der Waals surface area contributed by atoms with Crippen molar-refractivity contribution in [3.05, 3.63) is 53.1 Å². The Balaban J connectivity index is 1.43. The number of fused-ring (bicyclic) bond motifs is 1. The van der Waals surface area contributed by atoms with Crippen LogP contribution >= 0.6 is 11.6 Å². The number of hydrogen-bond donors (Lipinski definition) is 2. The number of imide groups is 1. The molecule has 1 atom stereocenters. The van der Waals surface area contributed by atoms with Crippen molar-refractivity contribution < 1.29 is 23.9 Å². The van der Waals surface area contributed by atoms with Gasteiger partial charge in [0.1, 0.15) is 12.1 Å². The Hall–Kier alpha value is -3.26. The lowest BCUT2D eigenvalue weighted by Crippen LogP contribution is -2.46. The highest BCUT2D eigenvalue weighted by Crippen LogP contribution is 2.34. The van der Waals surface area contributed by atoms with Gasteiger partial charge in [-0.05, 0) is 48.9 Å². The zero-order valence-electron chi connectivity index (χ0n) is 15.5. The summed E-state index contributed by atoms with van der Waals surface area (Å²) in [6, 6.07) is 11.3. The number of carbonyl (C=O) groups is 3. The Morgan fingerprint density at radius 2 is 1.90 bits per heavy atom. The summed E-state index contributed by atoms with van der Waals surface area (Å²) in [6.45, 7) is 1.40. The van der Waals surface area contributed by atoms with E-state index in [1.807, 2.05) is 6.07 Å². The van der Waals surface area contributed by atoms with E-state index in [0.717, 1.165) is 10.5 Å². The van der Waals surface area contributed by atoms with Gasteiger partial charge in [0.05, 0.1) is 0 Å². The highest BCUT2D eigenvalue weighted by molar-refractivity contribution is 6.30. The molecule has 0 aliphatic carbocycles. The first-order valence-electron chi connectivity index (χ1n) is 8.92. The van der Waals surface area contributed by atoms with Crippen molar-refractivity contribution in [1.29, 1.82) is 0 Å². The second-order valence-electron chi connectivity index (χ2n) is 7.07. The summed E-state index contributed by atoms with van der Waals surface area (Å²) in [4.78, 5) is 38.5. The van der Waals surface area contributed by atoms with Gasteiger partial charge < -0.3 is 20.1 Å². The normalized spacial score (nSPS) is 20.0. The van der Waals surface area contributed by atoms with Crippen molar-refractivity contribution in [2.45, 2.75) is 18.9 Å². The SMILES string of the molecule is CC1(Cc2ccc3c(c2)OCO3)NC(=O)N(CC(=O)Nc2ccc(Cl)cc2)C1=O. The molecule has 1 unspecified atom stereocenters. The lowest BCUT2D eigenvalue weighted by Gasteiger charge is -2.22. The summed E-state index contributed by atoms with van der Waals surface area (Å²) in [6.07, 6.45) is 0.253. The van der Waals surface area contributed by atoms with E-state index in [9.17, 15) is 14.4 Å². The third-order valence-electron chi connectivity index (χ3n) is 4.77. The van der Waals surface area contributed by atoms with Gasteiger partial charge in [0.15, 0.2) is 11.5 Å². The van der Waals surface area contributed by atoms with Gasteiger partial charge in [0, 0.05) is 17.1 Å². The molecule has 29 heavy (non-hydrogen) atoms. The van der Waals surface area contributed by atoms with E-state index in [2.05, 4.69) is 10.6 Å². The quantitative estimate of drug-likeness (QED) is 0.731. The van der Waals surface area contributed by atoms with Gasteiger partial charge >= 0.3 is 6.03 Å². The lowest BCUT2D eigenvalue weighted by molar-refractivity contribution is -0.133. The number of nitrogens with zero attached hydrogens (tertiary/aromatic N) is 1. The predicted octanol–water partition coefficient (Wildman–Crippen LogP) is 2.56. The Labute approximate surface area is 171 Å².